The summed E-state index contributed by atoms with van der Waals surface area (Å²) in [5.74, 6) is -0.0297. The van der Waals surface area contributed by atoms with Crippen LogP contribution in [-0.2, 0) is 25.7 Å². The molecule has 1 aromatic rings. The molecule has 1 aliphatic heterocycles. The van der Waals surface area contributed by atoms with E-state index in [2.05, 4.69) is 15.8 Å². The van der Waals surface area contributed by atoms with Gasteiger partial charge in [0.05, 0.1) is 6.61 Å². The van der Waals surface area contributed by atoms with Gasteiger partial charge in [-0.15, -0.1) is 0 Å². The molecular weight excluding hydrogens is 324 g/mol. The lowest BCUT2D eigenvalue weighted by atomic mass is 9.88. The first-order valence-electron chi connectivity index (χ1n) is 8.63. The first-order valence-corrected chi connectivity index (χ1v) is 8.63. The lowest BCUT2D eigenvalue weighted by Crippen LogP contribution is -2.46. The Bertz CT molecular complexity index is 666. The third-order valence-electron chi connectivity index (χ3n) is 4.63. The minimum atomic E-state index is -1.21. The predicted molar refractivity (Wildman–Crippen MR) is 91.4 cm³/mol. The summed E-state index contributed by atoms with van der Waals surface area (Å²) in [6.07, 6.45) is 1.71. The van der Waals surface area contributed by atoms with Crippen LogP contribution in [0.1, 0.15) is 55.4 Å². The highest BCUT2D eigenvalue weighted by Crippen LogP contribution is 2.39. The number of benzene rings is 1. The molecule has 6 heteroatoms. The quantitative estimate of drug-likeness (QED) is 0.352. The van der Waals surface area contributed by atoms with Gasteiger partial charge in [-0.1, -0.05) is 19.4 Å². The highest BCUT2D eigenvalue weighted by molar-refractivity contribution is 5.80. The van der Waals surface area contributed by atoms with Crippen molar-refractivity contribution in [2.45, 2.75) is 65.9 Å². The summed E-state index contributed by atoms with van der Waals surface area (Å²) in [4.78, 5) is 32.9. The Hall–Kier alpha value is -2.24. The zero-order valence-corrected chi connectivity index (χ0v) is 15.6. The molecule has 1 heterocycles. The van der Waals surface area contributed by atoms with Gasteiger partial charge in [0, 0.05) is 6.42 Å². The Morgan fingerprint density at radius 2 is 1.92 bits per heavy atom. The SMILES string of the molecule is CCCCOC(=O)OOC(=O)C1(C)CCc2c(C)cc(C)c(C)c2O1. The smallest absolute Gasteiger partial charge is 0.475 e. The van der Waals surface area contributed by atoms with Crippen LogP contribution in [0.3, 0.4) is 0 Å². The van der Waals surface area contributed by atoms with Crippen molar-refractivity contribution in [1.82, 2.24) is 0 Å². The minimum Gasteiger partial charge on any atom is -0.475 e. The standard InChI is InChI=1S/C19H26O6/c1-6-7-10-22-18(21)25-24-17(20)19(5)9-8-15-13(3)11-12(2)14(4)16(15)23-19/h11H,6-10H2,1-5H3. The molecule has 0 aliphatic carbocycles. The van der Waals surface area contributed by atoms with Crippen LogP contribution in [0.5, 0.6) is 5.75 Å². The van der Waals surface area contributed by atoms with Crippen LogP contribution in [0.4, 0.5) is 4.79 Å². The van der Waals surface area contributed by atoms with Crippen molar-refractivity contribution in [2.24, 2.45) is 0 Å². The summed E-state index contributed by atoms with van der Waals surface area (Å²) in [6.45, 7) is 9.84. The molecule has 1 aromatic carbocycles. The average Bonchev–Trinajstić information content (AvgIpc) is 2.57. The Morgan fingerprint density at radius 3 is 2.60 bits per heavy atom. The molecule has 25 heavy (non-hydrogen) atoms. The van der Waals surface area contributed by atoms with Crippen molar-refractivity contribution in [1.29, 1.82) is 0 Å². The van der Waals surface area contributed by atoms with Crippen LogP contribution in [0.15, 0.2) is 6.07 Å². The number of hydrogen-bond acceptors (Lipinski definition) is 6. The van der Waals surface area contributed by atoms with Crippen LogP contribution >= 0.6 is 0 Å². The van der Waals surface area contributed by atoms with Crippen molar-refractivity contribution < 1.29 is 28.8 Å². The molecule has 0 amide bonds. The molecular formula is C19H26O6. The van der Waals surface area contributed by atoms with Gasteiger partial charge in [-0.05, 0) is 62.8 Å². The van der Waals surface area contributed by atoms with Crippen LogP contribution in [0.2, 0.25) is 0 Å². The van der Waals surface area contributed by atoms with Crippen molar-refractivity contribution in [3.63, 3.8) is 0 Å². The van der Waals surface area contributed by atoms with E-state index in [0.717, 1.165) is 35.1 Å². The fraction of sp³-hybridized carbons (Fsp3) is 0.579. The Balaban J connectivity index is 2.03. The maximum atomic E-state index is 12.4. The molecule has 0 N–H and O–H groups in total. The van der Waals surface area contributed by atoms with Crippen molar-refractivity contribution in [3.05, 3.63) is 28.3 Å². The molecule has 1 aliphatic rings. The highest BCUT2D eigenvalue weighted by atomic mass is 17.2. The zero-order valence-electron chi connectivity index (χ0n) is 15.6. The molecule has 2 rings (SSSR count). The van der Waals surface area contributed by atoms with Gasteiger partial charge in [0.25, 0.3) is 0 Å². The maximum absolute atomic E-state index is 12.4. The molecule has 138 valence electrons. The van der Waals surface area contributed by atoms with Gasteiger partial charge in [-0.2, -0.15) is 4.79 Å². The number of unbranched alkanes of at least 4 members (excludes halogenated alkanes) is 1. The van der Waals surface area contributed by atoms with Gasteiger partial charge in [0.1, 0.15) is 5.75 Å². The summed E-state index contributed by atoms with van der Waals surface area (Å²) >= 11 is 0. The third-order valence-corrected chi connectivity index (χ3v) is 4.63. The monoisotopic (exact) mass is 350 g/mol. The molecule has 0 bridgehead atoms. The number of ether oxygens (including phenoxy) is 2. The second-order valence-electron chi connectivity index (χ2n) is 6.68. The van der Waals surface area contributed by atoms with E-state index >= 15 is 0 Å². The summed E-state index contributed by atoms with van der Waals surface area (Å²) in [7, 11) is 0. The number of carbonyl (C=O) groups excluding carboxylic acids is 2. The fourth-order valence-corrected chi connectivity index (χ4v) is 2.82. The second-order valence-corrected chi connectivity index (χ2v) is 6.68. The summed E-state index contributed by atoms with van der Waals surface area (Å²) in [6, 6.07) is 2.12. The summed E-state index contributed by atoms with van der Waals surface area (Å²) < 4.78 is 10.8. The van der Waals surface area contributed by atoms with E-state index < -0.39 is 17.7 Å². The van der Waals surface area contributed by atoms with Crippen LogP contribution in [-0.4, -0.2) is 24.3 Å². The van der Waals surface area contributed by atoms with E-state index in [-0.39, 0.29) is 6.61 Å². The van der Waals surface area contributed by atoms with E-state index in [9.17, 15) is 9.59 Å². The van der Waals surface area contributed by atoms with Gasteiger partial charge in [-0.25, -0.2) is 14.6 Å². The third kappa shape index (κ3) is 4.24. The van der Waals surface area contributed by atoms with Crippen LogP contribution < -0.4 is 4.74 Å². The second kappa shape index (κ2) is 7.76. The first kappa shape index (κ1) is 19.1. The first-order chi connectivity index (χ1) is 11.8. The molecule has 1 atom stereocenters. The van der Waals surface area contributed by atoms with Crippen LogP contribution in [0, 0.1) is 20.8 Å². The lowest BCUT2D eigenvalue weighted by molar-refractivity contribution is -0.256. The predicted octanol–water partition coefficient (Wildman–Crippen LogP) is 4.11. The average molecular weight is 350 g/mol. The summed E-state index contributed by atoms with van der Waals surface area (Å²) in [5, 5.41) is 0. The fourth-order valence-electron chi connectivity index (χ4n) is 2.82. The largest absolute Gasteiger partial charge is 0.549 e. The van der Waals surface area contributed by atoms with Crippen molar-refractivity contribution in [3.8, 4) is 5.75 Å². The minimum absolute atomic E-state index is 0.228. The molecule has 1 unspecified atom stereocenters. The van der Waals surface area contributed by atoms with E-state index in [1.54, 1.807) is 6.92 Å². The van der Waals surface area contributed by atoms with Crippen molar-refractivity contribution >= 4 is 12.1 Å². The zero-order chi connectivity index (χ0) is 18.6. The Kier molecular flexibility index (Phi) is 5.93. The molecule has 0 radical (unpaired) electrons. The van der Waals surface area contributed by atoms with Gasteiger partial charge in [0.2, 0.25) is 5.60 Å². The van der Waals surface area contributed by atoms with E-state index in [4.69, 9.17) is 9.47 Å². The van der Waals surface area contributed by atoms with E-state index in [1.165, 1.54) is 0 Å². The topological polar surface area (TPSA) is 71.1 Å². The van der Waals surface area contributed by atoms with Crippen LogP contribution in [0.25, 0.3) is 0 Å². The Morgan fingerprint density at radius 1 is 1.20 bits per heavy atom. The molecule has 0 aromatic heterocycles. The van der Waals surface area contributed by atoms with Gasteiger partial charge >= 0.3 is 12.1 Å². The molecule has 6 nitrogen and oxygen atoms in total. The van der Waals surface area contributed by atoms with Crippen molar-refractivity contribution in [2.75, 3.05) is 6.61 Å². The maximum Gasteiger partial charge on any atom is 0.549 e. The lowest BCUT2D eigenvalue weighted by Gasteiger charge is -2.34. The molecule has 0 fully saturated rings. The molecule has 0 saturated carbocycles. The number of carbonyl (C=O) groups is 2. The number of fused-ring (bicyclic) bond motifs is 1. The number of aryl methyl sites for hydroxylation is 2. The van der Waals surface area contributed by atoms with Gasteiger partial charge in [-0.3, -0.25) is 0 Å². The number of rotatable bonds is 4. The molecule has 0 saturated heterocycles. The summed E-state index contributed by atoms with van der Waals surface area (Å²) in [5.41, 5.74) is 3.14. The molecule has 0 spiro atoms. The van der Waals surface area contributed by atoms with E-state index in [1.807, 2.05) is 27.7 Å². The van der Waals surface area contributed by atoms with Gasteiger partial charge < -0.3 is 9.47 Å². The van der Waals surface area contributed by atoms with E-state index in [0.29, 0.717) is 18.6 Å². The normalized spacial score (nSPS) is 18.8. The highest BCUT2D eigenvalue weighted by Gasteiger charge is 2.43. The number of hydrogen-bond donors (Lipinski definition) is 0. The van der Waals surface area contributed by atoms with Gasteiger partial charge in [0.15, 0.2) is 0 Å². The Labute approximate surface area is 148 Å².